The number of anilines is 1. The lowest BCUT2D eigenvalue weighted by Crippen LogP contribution is -2.21. The molecule has 0 aromatic carbocycles. The Morgan fingerprint density at radius 1 is 1.55 bits per heavy atom. The number of hydrogen-bond donors (Lipinski definition) is 1. The van der Waals surface area contributed by atoms with Gasteiger partial charge in [0.1, 0.15) is 6.33 Å². The van der Waals surface area contributed by atoms with Crippen LogP contribution in [-0.2, 0) is 7.05 Å². The van der Waals surface area contributed by atoms with E-state index < -0.39 is 0 Å². The van der Waals surface area contributed by atoms with Crippen LogP contribution in [0.1, 0.15) is 13.8 Å². The van der Waals surface area contributed by atoms with Crippen LogP contribution < -0.4 is 11.4 Å². The van der Waals surface area contributed by atoms with Gasteiger partial charge in [0, 0.05) is 7.05 Å². The van der Waals surface area contributed by atoms with Gasteiger partial charge in [0.05, 0.1) is 0 Å². The molecule has 0 unspecified atom stereocenters. The Hall–Kier alpha value is -1.39. The smallest absolute Gasteiger partial charge is 0.351 e. The Kier molecular flexibility index (Phi) is 3.87. The molecule has 0 aliphatic carbocycles. The van der Waals surface area contributed by atoms with Crippen molar-refractivity contribution in [2.75, 3.05) is 5.73 Å². The molecule has 62 valence electrons. The first kappa shape index (κ1) is 9.61. The summed E-state index contributed by atoms with van der Waals surface area (Å²) in [5, 5.41) is 0. The fourth-order valence-electron chi connectivity index (χ4n) is 0.401. The average Bonchev–Trinajstić information content (AvgIpc) is 2.02. The quantitative estimate of drug-likeness (QED) is 0.563. The molecule has 0 radical (unpaired) electrons. The summed E-state index contributed by atoms with van der Waals surface area (Å²) in [5.41, 5.74) is 4.71. The van der Waals surface area contributed by atoms with Crippen LogP contribution >= 0.6 is 0 Å². The van der Waals surface area contributed by atoms with E-state index in [4.69, 9.17) is 5.73 Å². The molecule has 1 rings (SSSR count). The molecule has 1 heterocycles. The van der Waals surface area contributed by atoms with Crippen LogP contribution in [0, 0.1) is 0 Å². The Bertz CT molecular complexity index is 268. The number of nitrogens with zero attached hydrogens (tertiary/aromatic N) is 3. The molecule has 0 saturated heterocycles. The number of rotatable bonds is 0. The van der Waals surface area contributed by atoms with Crippen molar-refractivity contribution in [3.63, 3.8) is 0 Å². The first-order valence-electron chi connectivity index (χ1n) is 3.35. The van der Waals surface area contributed by atoms with Gasteiger partial charge >= 0.3 is 5.69 Å². The van der Waals surface area contributed by atoms with E-state index in [1.54, 1.807) is 7.05 Å². The maximum atomic E-state index is 10.6. The van der Waals surface area contributed by atoms with Crippen LogP contribution in [0.2, 0.25) is 0 Å². The Morgan fingerprint density at radius 3 is 2.45 bits per heavy atom. The Balaban J connectivity index is 0.000000461. The molecule has 2 N–H and O–H groups in total. The largest absolute Gasteiger partial charge is 0.368 e. The van der Waals surface area contributed by atoms with Crippen LogP contribution in [0.4, 0.5) is 5.95 Å². The number of aryl methyl sites for hydroxylation is 1. The van der Waals surface area contributed by atoms with Gasteiger partial charge in [0.15, 0.2) is 0 Å². The van der Waals surface area contributed by atoms with E-state index in [-0.39, 0.29) is 11.6 Å². The molecule has 1 aromatic heterocycles. The van der Waals surface area contributed by atoms with Crippen LogP contribution in [0.25, 0.3) is 0 Å². The van der Waals surface area contributed by atoms with Gasteiger partial charge in [-0.2, -0.15) is 4.98 Å². The minimum Gasteiger partial charge on any atom is -0.368 e. The zero-order valence-corrected chi connectivity index (χ0v) is 6.90. The van der Waals surface area contributed by atoms with Crippen LogP contribution in [0.15, 0.2) is 11.1 Å². The first-order chi connectivity index (χ1) is 5.20. The Morgan fingerprint density at radius 2 is 2.09 bits per heavy atom. The van der Waals surface area contributed by atoms with E-state index in [1.807, 2.05) is 13.8 Å². The van der Waals surface area contributed by atoms with Crippen LogP contribution in [-0.4, -0.2) is 14.5 Å². The lowest BCUT2D eigenvalue weighted by atomic mass is 10.9. The molecule has 5 nitrogen and oxygen atoms in total. The average molecular weight is 156 g/mol. The zero-order chi connectivity index (χ0) is 8.85. The normalized spacial score (nSPS) is 8.27. The first-order valence-corrected chi connectivity index (χ1v) is 3.35. The highest BCUT2D eigenvalue weighted by molar-refractivity contribution is 5.09. The molecule has 0 amide bonds. The van der Waals surface area contributed by atoms with Gasteiger partial charge in [-0.25, -0.2) is 9.78 Å². The molecule has 11 heavy (non-hydrogen) atoms. The summed E-state index contributed by atoms with van der Waals surface area (Å²) in [5.74, 6) is 0.0121. The highest BCUT2D eigenvalue weighted by atomic mass is 16.1. The molecule has 0 spiro atoms. The van der Waals surface area contributed by atoms with Gasteiger partial charge in [0.2, 0.25) is 5.95 Å². The van der Waals surface area contributed by atoms with Gasteiger partial charge in [-0.15, -0.1) is 0 Å². The van der Waals surface area contributed by atoms with Crippen molar-refractivity contribution in [3.05, 3.63) is 16.8 Å². The highest BCUT2D eigenvalue weighted by Crippen LogP contribution is 1.76. The van der Waals surface area contributed by atoms with Crippen molar-refractivity contribution in [1.29, 1.82) is 0 Å². The topological polar surface area (TPSA) is 73.8 Å². The fraction of sp³-hybridized carbons (Fsp3) is 0.500. The van der Waals surface area contributed by atoms with E-state index in [9.17, 15) is 4.79 Å². The summed E-state index contributed by atoms with van der Waals surface area (Å²) in [6.45, 7) is 4.00. The summed E-state index contributed by atoms with van der Waals surface area (Å²) in [6, 6.07) is 0. The molecule has 0 fully saturated rings. The van der Waals surface area contributed by atoms with E-state index >= 15 is 0 Å². The maximum Gasteiger partial charge on any atom is 0.351 e. The van der Waals surface area contributed by atoms with E-state index in [2.05, 4.69) is 9.97 Å². The third-order valence-electron chi connectivity index (χ3n) is 0.875. The van der Waals surface area contributed by atoms with Crippen molar-refractivity contribution >= 4 is 5.95 Å². The number of aromatic nitrogens is 3. The zero-order valence-electron chi connectivity index (χ0n) is 6.90. The highest BCUT2D eigenvalue weighted by Gasteiger charge is 1.89. The molecule has 1 aromatic rings. The molecule has 0 saturated carbocycles. The second-order valence-corrected chi connectivity index (χ2v) is 1.61. The number of hydrogen-bond acceptors (Lipinski definition) is 4. The lowest BCUT2D eigenvalue weighted by molar-refractivity contribution is 0.777. The third kappa shape index (κ3) is 2.79. The molecule has 0 atom stereocenters. The minimum atomic E-state index is -0.387. The van der Waals surface area contributed by atoms with E-state index in [1.165, 1.54) is 10.9 Å². The van der Waals surface area contributed by atoms with Crippen molar-refractivity contribution in [1.82, 2.24) is 14.5 Å². The molecule has 0 bridgehead atoms. The predicted octanol–water partition coefficient (Wildman–Crippen LogP) is -0.216. The maximum absolute atomic E-state index is 10.6. The summed E-state index contributed by atoms with van der Waals surface area (Å²) < 4.78 is 1.25. The second kappa shape index (κ2) is 4.43. The summed E-state index contributed by atoms with van der Waals surface area (Å²) in [6.07, 6.45) is 1.32. The third-order valence-corrected chi connectivity index (χ3v) is 0.875. The second-order valence-electron chi connectivity index (χ2n) is 1.61. The molecular formula is C6H12N4O. The van der Waals surface area contributed by atoms with Crippen molar-refractivity contribution in [2.24, 2.45) is 7.05 Å². The van der Waals surface area contributed by atoms with Crippen LogP contribution in [0.5, 0.6) is 0 Å². The molecular weight excluding hydrogens is 144 g/mol. The van der Waals surface area contributed by atoms with Gasteiger partial charge in [-0.3, -0.25) is 4.57 Å². The standard InChI is InChI=1S/C4H6N4O.C2H6/c1-8-2-6-3(5)7-4(8)9;1-2/h2H,1H3,(H2,5,7,9);1-2H3. The van der Waals surface area contributed by atoms with Crippen molar-refractivity contribution < 1.29 is 0 Å². The summed E-state index contributed by atoms with van der Waals surface area (Å²) in [7, 11) is 1.56. The fourth-order valence-corrected chi connectivity index (χ4v) is 0.401. The minimum absolute atomic E-state index is 0.0121. The van der Waals surface area contributed by atoms with Gasteiger partial charge in [-0.05, 0) is 0 Å². The van der Waals surface area contributed by atoms with Crippen LogP contribution in [0.3, 0.4) is 0 Å². The molecule has 0 aliphatic rings. The molecule has 0 aliphatic heterocycles. The summed E-state index contributed by atoms with van der Waals surface area (Å²) >= 11 is 0. The molecule has 5 heteroatoms. The summed E-state index contributed by atoms with van der Waals surface area (Å²) in [4.78, 5) is 17.5. The predicted molar refractivity (Wildman–Crippen MR) is 43.0 cm³/mol. The number of nitrogens with two attached hydrogens (primary N) is 1. The monoisotopic (exact) mass is 156 g/mol. The number of nitrogen functional groups attached to an aromatic ring is 1. The van der Waals surface area contributed by atoms with E-state index in [0.29, 0.717) is 0 Å². The Labute approximate surface area is 64.9 Å². The van der Waals surface area contributed by atoms with Crippen molar-refractivity contribution in [3.8, 4) is 0 Å². The lowest BCUT2D eigenvalue weighted by Gasteiger charge is -1.91. The van der Waals surface area contributed by atoms with E-state index in [0.717, 1.165) is 0 Å². The SMILES string of the molecule is CC.Cn1cnc(N)nc1=O. The van der Waals surface area contributed by atoms with Gasteiger partial charge in [-0.1, -0.05) is 13.8 Å². The van der Waals surface area contributed by atoms with Gasteiger partial charge < -0.3 is 5.73 Å². The van der Waals surface area contributed by atoms with Gasteiger partial charge in [0.25, 0.3) is 0 Å². The van der Waals surface area contributed by atoms with Crippen molar-refractivity contribution in [2.45, 2.75) is 13.8 Å².